The summed E-state index contributed by atoms with van der Waals surface area (Å²) in [6, 6.07) is 2.11. The smallest absolute Gasteiger partial charge is 0.338 e. The summed E-state index contributed by atoms with van der Waals surface area (Å²) in [7, 11) is 0. The van der Waals surface area contributed by atoms with Crippen molar-refractivity contribution in [1.82, 2.24) is 19.8 Å². The van der Waals surface area contributed by atoms with Gasteiger partial charge in [0.25, 0.3) is 0 Å². The number of nitrogens with one attached hydrogen (secondary N) is 1. The van der Waals surface area contributed by atoms with E-state index in [-0.39, 0.29) is 43.0 Å². The molecule has 1 aromatic rings. The number of amides is 1. The van der Waals surface area contributed by atoms with Crippen LogP contribution in [0.25, 0.3) is 0 Å². The van der Waals surface area contributed by atoms with Crippen LogP contribution >= 0.6 is 24.8 Å². The van der Waals surface area contributed by atoms with Crippen molar-refractivity contribution in [3.8, 4) is 0 Å². The maximum absolute atomic E-state index is 12.2. The Hall–Kier alpha value is -1.11. The molecule has 1 amide bonds. The lowest BCUT2D eigenvalue weighted by Gasteiger charge is -2.32. The topological polar surface area (TPSA) is 67.2 Å². The van der Waals surface area contributed by atoms with Gasteiger partial charge in [0.15, 0.2) is 0 Å². The number of rotatable bonds is 2. The van der Waals surface area contributed by atoms with Crippen molar-refractivity contribution in [3.63, 3.8) is 0 Å². The van der Waals surface area contributed by atoms with Gasteiger partial charge in [0, 0.05) is 37.1 Å². The first-order valence-electron chi connectivity index (χ1n) is 6.53. The van der Waals surface area contributed by atoms with Gasteiger partial charge in [-0.25, -0.2) is 4.79 Å². The fraction of sp³-hybridized carbons (Fsp3) is 0.615. The normalized spacial score (nSPS) is 17.7. The van der Waals surface area contributed by atoms with E-state index in [2.05, 4.69) is 10.3 Å². The lowest BCUT2D eigenvalue weighted by molar-refractivity contribution is -0.133. The van der Waals surface area contributed by atoms with Gasteiger partial charge in [0.05, 0.1) is 0 Å². The predicted molar refractivity (Wildman–Crippen MR) is 86.5 cm³/mol. The number of carbonyl (C=O) groups excluding carboxylic acids is 1. The molecule has 6 nitrogen and oxygen atoms in total. The molecule has 1 aliphatic rings. The summed E-state index contributed by atoms with van der Waals surface area (Å²) in [5.74, 6) is -0.0239. The van der Waals surface area contributed by atoms with Crippen LogP contribution in [0.15, 0.2) is 10.9 Å². The molecule has 0 bridgehead atoms. The molecule has 1 N–H and O–H groups in total. The first-order chi connectivity index (χ1) is 8.97. The second-order valence-corrected chi connectivity index (χ2v) is 5.10. The van der Waals surface area contributed by atoms with E-state index in [4.69, 9.17) is 0 Å². The largest absolute Gasteiger partial charge is 0.348 e. The molecule has 0 aliphatic carbocycles. The van der Waals surface area contributed by atoms with Gasteiger partial charge in [0.2, 0.25) is 5.91 Å². The van der Waals surface area contributed by atoms with Gasteiger partial charge in [-0.05, 0) is 26.8 Å². The van der Waals surface area contributed by atoms with Gasteiger partial charge in [-0.3, -0.25) is 9.36 Å². The van der Waals surface area contributed by atoms with Crippen LogP contribution in [0.1, 0.15) is 18.3 Å². The van der Waals surface area contributed by atoms with Gasteiger partial charge in [0.1, 0.15) is 6.54 Å². The van der Waals surface area contributed by atoms with Crippen LogP contribution in [0.4, 0.5) is 0 Å². The third-order valence-electron chi connectivity index (χ3n) is 3.36. The van der Waals surface area contributed by atoms with Crippen LogP contribution in [0.5, 0.6) is 0 Å². The predicted octanol–water partition coefficient (Wildman–Crippen LogP) is 0.524. The fourth-order valence-electron chi connectivity index (χ4n) is 2.36. The lowest BCUT2D eigenvalue weighted by atomic mass is 10.2. The van der Waals surface area contributed by atoms with E-state index in [1.807, 2.05) is 19.9 Å². The summed E-state index contributed by atoms with van der Waals surface area (Å²) in [4.78, 5) is 29.7. The number of halogens is 2. The van der Waals surface area contributed by atoms with Crippen LogP contribution < -0.4 is 11.0 Å². The second kappa shape index (κ2) is 8.36. The summed E-state index contributed by atoms with van der Waals surface area (Å²) in [6.07, 6.45) is 0. The van der Waals surface area contributed by atoms with Gasteiger partial charge in [-0.1, -0.05) is 0 Å². The molecule has 2 rings (SSSR count). The fourth-order valence-corrected chi connectivity index (χ4v) is 2.36. The molecule has 21 heavy (non-hydrogen) atoms. The number of aromatic nitrogens is 2. The Kier molecular flexibility index (Phi) is 7.92. The molecule has 0 saturated carbocycles. The average molecular weight is 337 g/mol. The molecule has 8 heteroatoms. The minimum absolute atomic E-state index is 0. The highest BCUT2D eigenvalue weighted by Gasteiger charge is 2.21. The third-order valence-corrected chi connectivity index (χ3v) is 3.36. The third kappa shape index (κ3) is 4.98. The summed E-state index contributed by atoms with van der Waals surface area (Å²) in [5, 5.41) is 3.29. The van der Waals surface area contributed by atoms with Crippen molar-refractivity contribution in [3.05, 3.63) is 27.9 Å². The number of hydrogen-bond donors (Lipinski definition) is 1. The Bertz CT molecular complexity index is 547. The van der Waals surface area contributed by atoms with E-state index in [1.54, 1.807) is 11.8 Å². The quantitative estimate of drug-likeness (QED) is 0.855. The Balaban J connectivity index is 0.00000200. The van der Waals surface area contributed by atoms with Crippen molar-refractivity contribution in [2.45, 2.75) is 33.4 Å². The van der Waals surface area contributed by atoms with Gasteiger partial charge < -0.3 is 10.2 Å². The lowest BCUT2D eigenvalue weighted by Crippen LogP contribution is -2.52. The van der Waals surface area contributed by atoms with Crippen molar-refractivity contribution in [2.24, 2.45) is 0 Å². The maximum Gasteiger partial charge on any atom is 0.348 e. The SMILES string of the molecule is Cc1cc(C)n(CC(=O)N2CCNC(C)C2)c(=O)n1.Cl.Cl. The minimum atomic E-state index is -0.353. The summed E-state index contributed by atoms with van der Waals surface area (Å²) < 4.78 is 1.43. The molecule has 120 valence electrons. The summed E-state index contributed by atoms with van der Waals surface area (Å²) in [5.41, 5.74) is 1.10. The molecule has 0 aromatic carbocycles. The maximum atomic E-state index is 12.2. The molecule has 1 aromatic heterocycles. The highest BCUT2D eigenvalue weighted by atomic mass is 35.5. The monoisotopic (exact) mass is 336 g/mol. The van der Waals surface area contributed by atoms with Crippen LogP contribution in [0.3, 0.4) is 0 Å². The molecule has 0 radical (unpaired) electrons. The Morgan fingerprint density at radius 2 is 2.10 bits per heavy atom. The standard InChI is InChI=1S/C13H20N4O2.2ClH/c1-9-6-11(3)17(13(19)15-9)8-12(18)16-5-4-14-10(2)7-16;;/h6,10,14H,4-5,7-8H2,1-3H3;2*1H. The van der Waals surface area contributed by atoms with Crippen molar-refractivity contribution >= 4 is 30.7 Å². The first-order valence-corrected chi connectivity index (χ1v) is 6.53. The molecular formula is C13H22Cl2N4O2. The summed E-state index contributed by atoms with van der Waals surface area (Å²) >= 11 is 0. The summed E-state index contributed by atoms with van der Waals surface area (Å²) in [6.45, 7) is 7.90. The Labute approximate surface area is 136 Å². The van der Waals surface area contributed by atoms with E-state index in [0.717, 1.165) is 12.2 Å². The van der Waals surface area contributed by atoms with Crippen LogP contribution in [0.2, 0.25) is 0 Å². The van der Waals surface area contributed by atoms with Crippen molar-refractivity contribution in [1.29, 1.82) is 0 Å². The average Bonchev–Trinajstić information content (AvgIpc) is 2.33. The van der Waals surface area contributed by atoms with Crippen LogP contribution in [0, 0.1) is 13.8 Å². The van der Waals surface area contributed by atoms with Crippen LogP contribution in [-0.2, 0) is 11.3 Å². The highest BCUT2D eigenvalue weighted by molar-refractivity contribution is 5.85. The molecule has 1 saturated heterocycles. The Morgan fingerprint density at radius 3 is 2.67 bits per heavy atom. The van der Waals surface area contributed by atoms with E-state index in [1.165, 1.54) is 4.57 Å². The second-order valence-electron chi connectivity index (χ2n) is 5.10. The highest BCUT2D eigenvalue weighted by Crippen LogP contribution is 2.02. The van der Waals surface area contributed by atoms with E-state index in [9.17, 15) is 9.59 Å². The zero-order valence-electron chi connectivity index (χ0n) is 12.5. The van der Waals surface area contributed by atoms with Gasteiger partial charge in [-0.15, -0.1) is 24.8 Å². The number of nitrogens with zero attached hydrogens (tertiary/aromatic N) is 3. The van der Waals surface area contributed by atoms with Gasteiger partial charge >= 0.3 is 5.69 Å². The number of hydrogen-bond acceptors (Lipinski definition) is 4. The van der Waals surface area contributed by atoms with E-state index < -0.39 is 0 Å². The van der Waals surface area contributed by atoms with Crippen LogP contribution in [-0.4, -0.2) is 46.0 Å². The van der Waals surface area contributed by atoms with Crippen molar-refractivity contribution in [2.75, 3.05) is 19.6 Å². The molecule has 1 atom stereocenters. The van der Waals surface area contributed by atoms with Crippen molar-refractivity contribution < 1.29 is 4.79 Å². The number of carbonyl (C=O) groups is 1. The van der Waals surface area contributed by atoms with Gasteiger partial charge in [-0.2, -0.15) is 4.98 Å². The molecule has 0 spiro atoms. The number of piperazine rings is 1. The molecule has 1 unspecified atom stereocenters. The molecular weight excluding hydrogens is 315 g/mol. The molecule has 1 fully saturated rings. The van der Waals surface area contributed by atoms with E-state index in [0.29, 0.717) is 24.8 Å². The molecule has 2 heterocycles. The zero-order valence-corrected chi connectivity index (χ0v) is 14.1. The molecule has 1 aliphatic heterocycles. The number of aryl methyl sites for hydroxylation is 2. The Morgan fingerprint density at radius 1 is 1.43 bits per heavy atom. The van der Waals surface area contributed by atoms with E-state index >= 15 is 0 Å². The first kappa shape index (κ1) is 19.9. The zero-order chi connectivity index (χ0) is 14.0. The minimum Gasteiger partial charge on any atom is -0.338 e.